The van der Waals surface area contributed by atoms with Crippen LogP contribution in [0.2, 0.25) is 0 Å². The van der Waals surface area contributed by atoms with E-state index in [2.05, 4.69) is 22.7 Å². The molecule has 0 bridgehead atoms. The number of fused-ring (bicyclic) bond motifs is 1. The van der Waals surface area contributed by atoms with Gasteiger partial charge in [-0.1, -0.05) is 43.0 Å². The monoisotopic (exact) mass is 338 g/mol. The van der Waals surface area contributed by atoms with Crippen LogP contribution in [0.1, 0.15) is 11.1 Å². The molecule has 0 atom stereocenters. The van der Waals surface area contributed by atoms with E-state index in [1.807, 2.05) is 24.3 Å². The van der Waals surface area contributed by atoms with Gasteiger partial charge < -0.3 is 10.1 Å². The molecule has 1 N–H and O–H groups in total. The molecule has 0 aliphatic carbocycles. The van der Waals surface area contributed by atoms with E-state index >= 15 is 0 Å². The third-order valence-corrected chi connectivity index (χ3v) is 4.08. The van der Waals surface area contributed by atoms with Crippen molar-refractivity contribution in [1.29, 1.82) is 5.26 Å². The lowest BCUT2D eigenvalue weighted by atomic mass is 9.97. The number of alkyl halides is 2. The number of rotatable bonds is 4. The van der Waals surface area contributed by atoms with Crippen LogP contribution in [0.5, 0.6) is 5.75 Å². The summed E-state index contributed by atoms with van der Waals surface area (Å²) in [4.78, 5) is 0. The number of halogens is 2. The summed E-state index contributed by atoms with van der Waals surface area (Å²) in [5.74, 6) is 0.231. The fourth-order valence-corrected chi connectivity index (χ4v) is 2.87. The van der Waals surface area contributed by atoms with Crippen molar-refractivity contribution in [2.45, 2.75) is 12.5 Å². The van der Waals surface area contributed by atoms with Crippen molar-refractivity contribution in [3.05, 3.63) is 71.9 Å². The van der Waals surface area contributed by atoms with Gasteiger partial charge in [0.2, 0.25) is 0 Å². The average molecular weight is 338 g/mol. The molecule has 3 nitrogen and oxygen atoms in total. The molecule has 3 rings (SSSR count). The number of hydrogen-bond donors (Lipinski definition) is 1. The molecule has 0 unspecified atom stereocenters. The van der Waals surface area contributed by atoms with Crippen LogP contribution >= 0.6 is 0 Å². The number of benzene rings is 2. The van der Waals surface area contributed by atoms with Gasteiger partial charge in [-0.05, 0) is 28.8 Å². The highest BCUT2D eigenvalue weighted by atomic mass is 19.3. The summed E-state index contributed by atoms with van der Waals surface area (Å²) in [6.45, 7) is 3.75. The van der Waals surface area contributed by atoms with Crippen LogP contribution in [0.15, 0.2) is 60.8 Å². The zero-order chi connectivity index (χ0) is 18.0. The molecule has 25 heavy (non-hydrogen) atoms. The Bertz CT molecular complexity index is 893. The summed E-state index contributed by atoms with van der Waals surface area (Å²) in [5.41, 5.74) is 4.22. The van der Waals surface area contributed by atoms with Crippen LogP contribution in [-0.4, -0.2) is 13.2 Å². The molecule has 2 aromatic carbocycles. The van der Waals surface area contributed by atoms with Gasteiger partial charge in [0.1, 0.15) is 17.5 Å². The van der Waals surface area contributed by atoms with Gasteiger partial charge in [-0.15, -0.1) is 0 Å². The molecule has 0 fully saturated rings. The zero-order valence-corrected chi connectivity index (χ0v) is 13.6. The maximum absolute atomic E-state index is 13.3. The first-order valence-electron chi connectivity index (χ1n) is 7.72. The van der Waals surface area contributed by atoms with E-state index < -0.39 is 12.5 Å². The molecular weight excluding hydrogens is 322 g/mol. The van der Waals surface area contributed by atoms with Gasteiger partial charge in [0.15, 0.2) is 0 Å². The van der Waals surface area contributed by atoms with Gasteiger partial charge >= 0.3 is 6.11 Å². The summed E-state index contributed by atoms with van der Waals surface area (Å²) in [5, 5.41) is 12.0. The average Bonchev–Trinajstić information content (AvgIpc) is 2.92. The Balaban J connectivity index is 1.93. The first kappa shape index (κ1) is 16.7. The van der Waals surface area contributed by atoms with Crippen molar-refractivity contribution in [3.8, 4) is 22.9 Å². The minimum atomic E-state index is -3.13. The van der Waals surface area contributed by atoms with E-state index in [4.69, 9.17) is 5.26 Å². The zero-order valence-electron chi connectivity index (χ0n) is 13.6. The highest BCUT2D eigenvalue weighted by molar-refractivity contribution is 5.79. The highest BCUT2D eigenvalue weighted by Gasteiger charge is 2.39. The normalized spacial score (nSPS) is 15.4. The number of ether oxygens (including phenoxy) is 1. The number of allylic oxidation sites excluding steroid dienone is 3. The summed E-state index contributed by atoms with van der Waals surface area (Å²) in [6.07, 6.45) is -1.92. The molecule has 0 aromatic heterocycles. The van der Waals surface area contributed by atoms with Gasteiger partial charge in [0.25, 0.3) is 0 Å². The van der Waals surface area contributed by atoms with Crippen molar-refractivity contribution < 1.29 is 13.5 Å². The lowest BCUT2D eigenvalue weighted by molar-refractivity contribution is -0.159. The topological polar surface area (TPSA) is 45.0 Å². The van der Waals surface area contributed by atoms with Crippen molar-refractivity contribution in [2.75, 3.05) is 7.05 Å². The Morgan fingerprint density at radius 2 is 1.92 bits per heavy atom. The Morgan fingerprint density at radius 1 is 1.24 bits per heavy atom. The largest absolute Gasteiger partial charge is 0.432 e. The summed E-state index contributed by atoms with van der Waals surface area (Å²) in [6, 6.07) is 14.7. The molecule has 0 amide bonds. The second kappa shape index (κ2) is 6.40. The van der Waals surface area contributed by atoms with E-state index in [9.17, 15) is 8.78 Å². The highest BCUT2D eigenvalue weighted by Crippen LogP contribution is 2.39. The maximum Gasteiger partial charge on any atom is 0.402 e. The quantitative estimate of drug-likeness (QED) is 0.658. The predicted octanol–water partition coefficient (Wildman–Crippen LogP) is 4.52. The molecule has 1 aliphatic heterocycles. The fourth-order valence-electron chi connectivity index (χ4n) is 2.87. The van der Waals surface area contributed by atoms with Crippen LogP contribution in [0.4, 0.5) is 8.78 Å². The van der Waals surface area contributed by atoms with Crippen molar-refractivity contribution >= 4 is 5.57 Å². The Morgan fingerprint density at radius 3 is 2.52 bits per heavy atom. The molecule has 0 saturated heterocycles. The molecule has 126 valence electrons. The van der Waals surface area contributed by atoms with E-state index in [-0.39, 0.29) is 5.75 Å². The second-order valence-electron chi connectivity index (χ2n) is 5.67. The smallest absolute Gasteiger partial charge is 0.402 e. The van der Waals surface area contributed by atoms with Gasteiger partial charge in [0.05, 0.1) is 6.42 Å². The SMILES string of the molecule is C=C/C(=C(/C#N)NC)c1ccc(-c2ccc3c(c2)CC(F)(F)O3)cc1. The third-order valence-electron chi connectivity index (χ3n) is 4.08. The molecule has 1 aliphatic rings. The van der Waals surface area contributed by atoms with E-state index in [0.29, 0.717) is 16.8 Å². The van der Waals surface area contributed by atoms with Crippen molar-refractivity contribution in [3.63, 3.8) is 0 Å². The van der Waals surface area contributed by atoms with E-state index in [1.165, 1.54) is 0 Å². The molecule has 1 heterocycles. The van der Waals surface area contributed by atoms with E-state index in [1.54, 1.807) is 31.3 Å². The van der Waals surface area contributed by atoms with Gasteiger partial charge in [0, 0.05) is 18.2 Å². The van der Waals surface area contributed by atoms with Crippen LogP contribution in [-0.2, 0) is 6.42 Å². The Hall–Kier alpha value is -3.13. The Kier molecular flexibility index (Phi) is 4.28. The van der Waals surface area contributed by atoms with Crippen LogP contribution < -0.4 is 10.1 Å². The molecule has 0 saturated carbocycles. The van der Waals surface area contributed by atoms with Crippen LogP contribution in [0, 0.1) is 11.3 Å². The van der Waals surface area contributed by atoms with Gasteiger partial charge in [-0.25, -0.2) is 0 Å². The number of nitrogens with one attached hydrogen (secondary N) is 1. The van der Waals surface area contributed by atoms with Crippen LogP contribution in [0.25, 0.3) is 16.7 Å². The first-order chi connectivity index (χ1) is 12.0. The molecule has 2 aromatic rings. The van der Waals surface area contributed by atoms with Gasteiger partial charge in [-0.3, -0.25) is 0 Å². The minimum Gasteiger partial charge on any atom is -0.432 e. The summed E-state index contributed by atoms with van der Waals surface area (Å²) >= 11 is 0. The van der Waals surface area contributed by atoms with Crippen LogP contribution in [0.3, 0.4) is 0 Å². The summed E-state index contributed by atoms with van der Waals surface area (Å²) in [7, 11) is 1.68. The maximum atomic E-state index is 13.3. The number of hydrogen-bond acceptors (Lipinski definition) is 3. The van der Waals surface area contributed by atoms with Gasteiger partial charge in [-0.2, -0.15) is 14.0 Å². The lowest BCUT2D eigenvalue weighted by Crippen LogP contribution is -2.20. The number of nitriles is 1. The summed E-state index contributed by atoms with van der Waals surface area (Å²) < 4.78 is 31.3. The molecule has 0 radical (unpaired) electrons. The fraction of sp³-hybridized carbons (Fsp3) is 0.150. The molecule has 5 heteroatoms. The molecule has 0 spiro atoms. The lowest BCUT2D eigenvalue weighted by Gasteiger charge is -2.09. The first-order valence-corrected chi connectivity index (χ1v) is 7.72. The standard InChI is InChI=1S/C20H16F2N2O/c1-3-17(18(12-23)24-2)14-6-4-13(5-7-14)15-8-9-19-16(10-15)11-20(21,22)25-19/h3-10,24H,1,11H2,2H3/b18-17+. The Labute approximate surface area is 144 Å². The minimum absolute atomic E-state index is 0.231. The number of nitrogens with zero attached hydrogens (tertiary/aromatic N) is 1. The predicted molar refractivity (Wildman–Crippen MR) is 92.9 cm³/mol. The molecular formula is C20H16F2N2O. The van der Waals surface area contributed by atoms with E-state index in [0.717, 1.165) is 16.7 Å². The van der Waals surface area contributed by atoms with Crippen molar-refractivity contribution in [2.24, 2.45) is 0 Å². The third kappa shape index (κ3) is 3.24. The van der Waals surface area contributed by atoms with Crippen molar-refractivity contribution in [1.82, 2.24) is 5.32 Å². The second-order valence-corrected chi connectivity index (χ2v) is 5.67.